The Morgan fingerprint density at radius 3 is 2.28 bits per heavy atom. The molecule has 0 aromatic rings. The van der Waals surface area contributed by atoms with Crippen LogP contribution in [0.2, 0.25) is 0 Å². The fourth-order valence-corrected chi connectivity index (χ4v) is 2.12. The van der Waals surface area contributed by atoms with Crippen LogP contribution in [0.25, 0.3) is 0 Å². The van der Waals surface area contributed by atoms with Gasteiger partial charge in [0, 0.05) is 0 Å². The van der Waals surface area contributed by atoms with Crippen molar-refractivity contribution in [2.75, 3.05) is 19.4 Å². The summed E-state index contributed by atoms with van der Waals surface area (Å²) in [5.74, 6) is -0.259. The molecule has 0 atom stereocenters. The zero-order valence-corrected chi connectivity index (χ0v) is 12.2. The molecule has 6 nitrogen and oxygen atoms in total. The van der Waals surface area contributed by atoms with E-state index in [1.165, 1.54) is 7.11 Å². The summed E-state index contributed by atoms with van der Waals surface area (Å²) < 4.78 is 26.0. The molecule has 0 aromatic carbocycles. The minimum Gasteiger partial charge on any atom is -0.468 e. The van der Waals surface area contributed by atoms with Gasteiger partial charge in [0.25, 0.3) is 0 Å². The maximum Gasteiger partial charge on any atom is 0.325 e. The van der Waals surface area contributed by atoms with E-state index in [-0.39, 0.29) is 11.7 Å². The second kappa shape index (κ2) is 7.70. The molecule has 7 heteroatoms. The Labute approximate surface area is 109 Å². The second-order valence-electron chi connectivity index (χ2n) is 4.82. The molecule has 0 aromatic heterocycles. The minimum atomic E-state index is -3.33. The van der Waals surface area contributed by atoms with Crippen LogP contribution < -0.4 is 10.5 Å². The van der Waals surface area contributed by atoms with Gasteiger partial charge in [0.15, 0.2) is 0 Å². The number of rotatable bonds is 9. The molecule has 108 valence electrons. The number of carbonyl (C=O) groups is 1. The Morgan fingerprint density at radius 2 is 1.78 bits per heavy atom. The summed E-state index contributed by atoms with van der Waals surface area (Å²) in [7, 11) is -1.97. The third kappa shape index (κ3) is 8.43. The van der Waals surface area contributed by atoms with Gasteiger partial charge in [0.2, 0.25) is 10.0 Å². The SMILES string of the molecule is COC(=O)C(C)(C)NCCCCCCS(N)(=O)=O. The van der Waals surface area contributed by atoms with Gasteiger partial charge >= 0.3 is 5.97 Å². The normalized spacial score (nSPS) is 12.4. The standard InChI is InChI=1S/C11H24N2O4S/c1-11(2,10(14)17-3)13-8-6-4-5-7-9-18(12,15)16/h13H,4-9H2,1-3H3,(H2,12,15,16). The molecule has 0 radical (unpaired) electrons. The Hall–Kier alpha value is -0.660. The van der Waals surface area contributed by atoms with Crippen LogP contribution in [0.5, 0.6) is 0 Å². The lowest BCUT2D eigenvalue weighted by Gasteiger charge is -2.23. The molecule has 18 heavy (non-hydrogen) atoms. The highest BCUT2D eigenvalue weighted by atomic mass is 32.2. The number of sulfonamides is 1. The van der Waals surface area contributed by atoms with Gasteiger partial charge in [-0.05, 0) is 33.2 Å². The van der Waals surface area contributed by atoms with Gasteiger partial charge in [-0.2, -0.15) is 0 Å². The highest BCUT2D eigenvalue weighted by Gasteiger charge is 2.27. The number of esters is 1. The minimum absolute atomic E-state index is 0.0358. The highest BCUT2D eigenvalue weighted by molar-refractivity contribution is 7.89. The van der Waals surface area contributed by atoms with Crippen LogP contribution >= 0.6 is 0 Å². The number of nitrogens with one attached hydrogen (secondary N) is 1. The maximum absolute atomic E-state index is 11.3. The average molecular weight is 280 g/mol. The van der Waals surface area contributed by atoms with Crippen molar-refractivity contribution >= 4 is 16.0 Å². The predicted octanol–water partition coefficient (Wildman–Crippen LogP) is 0.377. The predicted molar refractivity (Wildman–Crippen MR) is 70.5 cm³/mol. The van der Waals surface area contributed by atoms with E-state index in [2.05, 4.69) is 10.1 Å². The van der Waals surface area contributed by atoms with Crippen molar-refractivity contribution in [2.45, 2.75) is 45.1 Å². The van der Waals surface area contributed by atoms with E-state index in [1.54, 1.807) is 13.8 Å². The molecule has 0 amide bonds. The fraction of sp³-hybridized carbons (Fsp3) is 0.909. The van der Waals surface area contributed by atoms with Gasteiger partial charge < -0.3 is 10.1 Å². The first-order chi connectivity index (χ1) is 8.19. The van der Waals surface area contributed by atoms with E-state index in [0.717, 1.165) is 19.3 Å². The first-order valence-corrected chi connectivity index (χ1v) is 7.74. The van der Waals surface area contributed by atoms with Gasteiger partial charge in [-0.3, -0.25) is 4.79 Å². The summed E-state index contributed by atoms with van der Waals surface area (Å²) in [5, 5.41) is 7.99. The third-order valence-corrected chi connectivity index (χ3v) is 3.48. The third-order valence-electron chi connectivity index (χ3n) is 2.62. The Bertz CT molecular complexity index is 352. The summed E-state index contributed by atoms with van der Waals surface area (Å²) in [4.78, 5) is 11.3. The molecule has 0 aliphatic rings. The zero-order valence-electron chi connectivity index (χ0n) is 11.4. The second-order valence-corrected chi connectivity index (χ2v) is 6.56. The summed E-state index contributed by atoms with van der Waals surface area (Å²) in [6.45, 7) is 4.22. The monoisotopic (exact) mass is 280 g/mol. The first kappa shape index (κ1) is 17.3. The summed E-state index contributed by atoms with van der Waals surface area (Å²) in [5.41, 5.74) is -0.685. The first-order valence-electron chi connectivity index (χ1n) is 6.03. The molecule has 0 heterocycles. The van der Waals surface area contributed by atoms with Crippen molar-refractivity contribution in [3.05, 3.63) is 0 Å². The zero-order chi connectivity index (χ0) is 14.2. The van der Waals surface area contributed by atoms with Crippen molar-refractivity contribution < 1.29 is 17.9 Å². The highest BCUT2D eigenvalue weighted by Crippen LogP contribution is 2.06. The van der Waals surface area contributed by atoms with Crippen LogP contribution in [0, 0.1) is 0 Å². The molecule has 0 aliphatic carbocycles. The molecule has 0 saturated carbocycles. The molecule has 3 N–H and O–H groups in total. The van der Waals surface area contributed by atoms with Crippen LogP contribution in [-0.4, -0.2) is 39.3 Å². The summed E-state index contributed by atoms with van der Waals surface area (Å²) >= 11 is 0. The molecule has 0 bridgehead atoms. The number of carbonyl (C=O) groups excluding carboxylic acids is 1. The molecule has 0 aliphatic heterocycles. The Morgan fingerprint density at radius 1 is 1.22 bits per heavy atom. The number of nitrogens with two attached hydrogens (primary N) is 1. The average Bonchev–Trinajstić information content (AvgIpc) is 2.25. The molecule has 0 rings (SSSR count). The topological polar surface area (TPSA) is 98.5 Å². The van der Waals surface area contributed by atoms with E-state index >= 15 is 0 Å². The van der Waals surface area contributed by atoms with Gasteiger partial charge in [-0.15, -0.1) is 0 Å². The molecule has 0 spiro atoms. The lowest BCUT2D eigenvalue weighted by Crippen LogP contribution is -2.47. The van der Waals surface area contributed by atoms with Crippen LogP contribution in [0.3, 0.4) is 0 Å². The molecule has 0 unspecified atom stereocenters. The van der Waals surface area contributed by atoms with Gasteiger partial charge in [0.1, 0.15) is 5.54 Å². The van der Waals surface area contributed by atoms with Crippen molar-refractivity contribution in [1.82, 2.24) is 5.32 Å². The van der Waals surface area contributed by atoms with E-state index in [1.807, 2.05) is 0 Å². The number of hydrogen-bond acceptors (Lipinski definition) is 5. The van der Waals surface area contributed by atoms with E-state index in [0.29, 0.717) is 13.0 Å². The van der Waals surface area contributed by atoms with Crippen molar-refractivity contribution in [1.29, 1.82) is 0 Å². The van der Waals surface area contributed by atoms with E-state index < -0.39 is 15.6 Å². The van der Waals surface area contributed by atoms with E-state index in [9.17, 15) is 13.2 Å². The van der Waals surface area contributed by atoms with Crippen LogP contribution in [-0.2, 0) is 19.6 Å². The number of unbranched alkanes of at least 4 members (excludes halogenated alkanes) is 3. The largest absolute Gasteiger partial charge is 0.468 e. The molecular formula is C11H24N2O4S. The molecular weight excluding hydrogens is 256 g/mol. The quantitative estimate of drug-likeness (QED) is 0.470. The van der Waals surface area contributed by atoms with Crippen LogP contribution in [0.15, 0.2) is 0 Å². The van der Waals surface area contributed by atoms with Crippen LogP contribution in [0.4, 0.5) is 0 Å². The van der Waals surface area contributed by atoms with Crippen LogP contribution in [0.1, 0.15) is 39.5 Å². The summed E-state index contributed by atoms with van der Waals surface area (Å²) in [6.07, 6.45) is 3.18. The van der Waals surface area contributed by atoms with E-state index in [4.69, 9.17) is 5.14 Å². The Kier molecular flexibility index (Phi) is 7.42. The smallest absolute Gasteiger partial charge is 0.325 e. The maximum atomic E-state index is 11.3. The molecule has 0 saturated heterocycles. The van der Waals surface area contributed by atoms with Gasteiger partial charge in [0.05, 0.1) is 12.9 Å². The lowest BCUT2D eigenvalue weighted by molar-refractivity contribution is -0.147. The number of methoxy groups -OCH3 is 1. The number of primary sulfonamides is 1. The molecule has 0 fully saturated rings. The Balaban J connectivity index is 3.60. The van der Waals surface area contributed by atoms with Crippen molar-refractivity contribution in [3.8, 4) is 0 Å². The lowest BCUT2D eigenvalue weighted by atomic mass is 10.1. The number of hydrogen-bond donors (Lipinski definition) is 2. The van der Waals surface area contributed by atoms with Crippen molar-refractivity contribution in [2.24, 2.45) is 5.14 Å². The van der Waals surface area contributed by atoms with Gasteiger partial charge in [-0.25, -0.2) is 13.6 Å². The summed E-state index contributed by atoms with van der Waals surface area (Å²) in [6, 6.07) is 0. The van der Waals surface area contributed by atoms with Crippen molar-refractivity contribution in [3.63, 3.8) is 0 Å². The number of ether oxygens (including phenoxy) is 1. The fourth-order valence-electron chi connectivity index (χ4n) is 1.51. The van der Waals surface area contributed by atoms with Gasteiger partial charge in [-0.1, -0.05) is 12.8 Å².